The van der Waals surface area contributed by atoms with Gasteiger partial charge in [-0.25, -0.2) is 9.36 Å². The Labute approximate surface area is 149 Å². The Hall–Kier alpha value is -2.94. The molecule has 0 unspecified atom stereocenters. The van der Waals surface area contributed by atoms with E-state index in [1.165, 1.54) is 35.3 Å². The number of ether oxygens (including phenoxy) is 1. The standard InChI is InChI=1S/C16H11ClF3N3O3/c17-13-7-21-6-5-10(13)8-22-9-14(24)23(15(22)25)11-1-3-12(4-2-11)26-16(18,19)20/h1-7,9,24H,8H2. The van der Waals surface area contributed by atoms with Gasteiger partial charge in [-0.05, 0) is 35.9 Å². The first kappa shape index (κ1) is 17.9. The van der Waals surface area contributed by atoms with Crippen LogP contribution in [0.2, 0.25) is 5.02 Å². The second kappa shape index (κ2) is 6.75. The van der Waals surface area contributed by atoms with E-state index in [4.69, 9.17) is 11.6 Å². The fourth-order valence-electron chi connectivity index (χ4n) is 2.35. The number of rotatable bonds is 4. The Balaban J connectivity index is 1.91. The number of alkyl halides is 3. The van der Waals surface area contributed by atoms with Crippen LogP contribution in [0.4, 0.5) is 13.2 Å². The first-order valence-electron chi connectivity index (χ1n) is 7.20. The molecule has 1 N–H and O–H groups in total. The lowest BCUT2D eigenvalue weighted by atomic mass is 10.3. The molecular formula is C16H11ClF3N3O3. The van der Waals surface area contributed by atoms with Gasteiger partial charge in [-0.15, -0.1) is 13.2 Å². The van der Waals surface area contributed by atoms with Crippen molar-refractivity contribution in [3.63, 3.8) is 0 Å². The molecule has 0 radical (unpaired) electrons. The maximum Gasteiger partial charge on any atom is 0.573 e. The molecule has 2 aromatic heterocycles. The first-order valence-corrected chi connectivity index (χ1v) is 7.58. The van der Waals surface area contributed by atoms with Crippen LogP contribution in [0.5, 0.6) is 11.6 Å². The number of hydrogen-bond acceptors (Lipinski definition) is 4. The second-order valence-electron chi connectivity index (χ2n) is 5.24. The maximum absolute atomic E-state index is 12.5. The Kier molecular flexibility index (Phi) is 4.64. The van der Waals surface area contributed by atoms with Crippen LogP contribution in [0, 0.1) is 0 Å². The van der Waals surface area contributed by atoms with Gasteiger partial charge in [0.2, 0.25) is 5.88 Å². The number of nitrogens with zero attached hydrogens (tertiary/aromatic N) is 3. The molecule has 0 saturated heterocycles. The van der Waals surface area contributed by atoms with E-state index in [1.54, 1.807) is 6.07 Å². The van der Waals surface area contributed by atoms with Gasteiger partial charge in [0.25, 0.3) is 0 Å². The molecule has 0 amide bonds. The van der Waals surface area contributed by atoms with E-state index in [0.717, 1.165) is 16.7 Å². The minimum Gasteiger partial charge on any atom is -0.493 e. The summed E-state index contributed by atoms with van der Waals surface area (Å²) in [5.41, 5.74) is 0.219. The monoisotopic (exact) mass is 385 g/mol. The molecule has 0 bridgehead atoms. The molecule has 0 aliphatic carbocycles. The number of aromatic nitrogens is 3. The molecule has 3 rings (SSSR count). The third kappa shape index (κ3) is 3.83. The molecule has 10 heteroatoms. The van der Waals surface area contributed by atoms with Crippen LogP contribution in [0.25, 0.3) is 5.69 Å². The Morgan fingerprint density at radius 2 is 1.88 bits per heavy atom. The molecule has 0 fully saturated rings. The largest absolute Gasteiger partial charge is 0.573 e. The van der Waals surface area contributed by atoms with Crippen molar-refractivity contribution in [1.82, 2.24) is 14.1 Å². The van der Waals surface area contributed by atoms with Gasteiger partial charge in [-0.2, -0.15) is 0 Å². The average molecular weight is 386 g/mol. The van der Waals surface area contributed by atoms with Crippen LogP contribution < -0.4 is 10.4 Å². The third-order valence-corrected chi connectivity index (χ3v) is 3.80. The van der Waals surface area contributed by atoms with E-state index in [0.29, 0.717) is 10.6 Å². The molecule has 0 aliphatic heterocycles. The lowest BCUT2D eigenvalue weighted by Gasteiger charge is -2.09. The van der Waals surface area contributed by atoms with Crippen LogP contribution >= 0.6 is 11.6 Å². The summed E-state index contributed by atoms with van der Waals surface area (Å²) < 4.78 is 42.5. The highest BCUT2D eigenvalue weighted by atomic mass is 35.5. The second-order valence-corrected chi connectivity index (χ2v) is 5.65. The summed E-state index contributed by atoms with van der Waals surface area (Å²) in [6.07, 6.45) is -0.659. The smallest absolute Gasteiger partial charge is 0.493 e. The first-order chi connectivity index (χ1) is 12.2. The zero-order valence-corrected chi connectivity index (χ0v) is 13.7. The van der Waals surface area contributed by atoms with E-state index < -0.39 is 17.8 Å². The fraction of sp³-hybridized carbons (Fsp3) is 0.125. The number of aromatic hydroxyl groups is 1. The highest BCUT2D eigenvalue weighted by Crippen LogP contribution is 2.24. The zero-order valence-electron chi connectivity index (χ0n) is 12.9. The van der Waals surface area contributed by atoms with Gasteiger partial charge in [0.15, 0.2) is 0 Å². The van der Waals surface area contributed by atoms with Gasteiger partial charge in [0.1, 0.15) is 5.75 Å². The molecule has 26 heavy (non-hydrogen) atoms. The summed E-state index contributed by atoms with van der Waals surface area (Å²) in [6.45, 7) is 0.0933. The predicted molar refractivity (Wildman–Crippen MR) is 86.7 cm³/mol. The van der Waals surface area contributed by atoms with E-state index >= 15 is 0 Å². The molecule has 6 nitrogen and oxygen atoms in total. The summed E-state index contributed by atoms with van der Waals surface area (Å²) >= 11 is 6.01. The van der Waals surface area contributed by atoms with Crippen molar-refractivity contribution in [2.45, 2.75) is 12.9 Å². The van der Waals surface area contributed by atoms with Crippen LogP contribution in [0.1, 0.15) is 5.56 Å². The highest BCUT2D eigenvalue weighted by Gasteiger charge is 2.31. The third-order valence-electron chi connectivity index (χ3n) is 3.46. The van der Waals surface area contributed by atoms with Crippen LogP contribution in [0.15, 0.2) is 53.7 Å². The molecule has 0 saturated carbocycles. The summed E-state index contributed by atoms with van der Waals surface area (Å²) in [5.74, 6) is -0.804. The van der Waals surface area contributed by atoms with E-state index in [-0.39, 0.29) is 18.1 Å². The molecule has 3 aromatic rings. The van der Waals surface area contributed by atoms with Crippen molar-refractivity contribution in [2.75, 3.05) is 0 Å². The Morgan fingerprint density at radius 1 is 1.19 bits per heavy atom. The average Bonchev–Trinajstić information content (AvgIpc) is 2.83. The van der Waals surface area contributed by atoms with Crippen LogP contribution in [-0.2, 0) is 6.54 Å². The van der Waals surface area contributed by atoms with Crippen molar-refractivity contribution < 1.29 is 23.0 Å². The number of pyridine rings is 1. The summed E-state index contributed by atoms with van der Waals surface area (Å²) in [7, 11) is 0. The van der Waals surface area contributed by atoms with E-state index in [2.05, 4.69) is 9.72 Å². The van der Waals surface area contributed by atoms with Crippen LogP contribution in [-0.4, -0.2) is 25.6 Å². The van der Waals surface area contributed by atoms with Crippen molar-refractivity contribution >= 4 is 11.6 Å². The summed E-state index contributed by atoms with van der Waals surface area (Å²) in [6, 6.07) is 6.18. The zero-order chi connectivity index (χ0) is 18.9. The Bertz CT molecular complexity index is 981. The van der Waals surface area contributed by atoms with Gasteiger partial charge in [0, 0.05) is 12.4 Å². The normalized spacial score (nSPS) is 11.5. The minimum atomic E-state index is -4.81. The number of halogens is 4. The van der Waals surface area contributed by atoms with E-state index in [9.17, 15) is 23.1 Å². The topological polar surface area (TPSA) is 69.3 Å². The molecule has 136 valence electrons. The van der Waals surface area contributed by atoms with Crippen molar-refractivity contribution in [3.05, 3.63) is 70.0 Å². The lowest BCUT2D eigenvalue weighted by Crippen LogP contribution is -2.23. The molecular weight excluding hydrogens is 375 g/mol. The molecule has 1 aromatic carbocycles. The van der Waals surface area contributed by atoms with Crippen molar-refractivity contribution in [1.29, 1.82) is 0 Å². The van der Waals surface area contributed by atoms with Gasteiger partial charge >= 0.3 is 12.1 Å². The van der Waals surface area contributed by atoms with Gasteiger partial charge in [-0.3, -0.25) is 9.55 Å². The van der Waals surface area contributed by atoms with Gasteiger partial charge < -0.3 is 9.84 Å². The van der Waals surface area contributed by atoms with Crippen molar-refractivity contribution in [2.24, 2.45) is 0 Å². The number of imidazole rings is 1. The molecule has 0 aliphatic rings. The molecule has 0 spiro atoms. The fourth-order valence-corrected chi connectivity index (χ4v) is 2.53. The highest BCUT2D eigenvalue weighted by molar-refractivity contribution is 6.31. The van der Waals surface area contributed by atoms with Gasteiger partial charge in [0.05, 0.1) is 23.5 Å². The maximum atomic E-state index is 12.5. The summed E-state index contributed by atoms with van der Waals surface area (Å²) in [5, 5.41) is 10.4. The van der Waals surface area contributed by atoms with Crippen molar-refractivity contribution in [3.8, 4) is 17.3 Å². The quantitative estimate of drug-likeness (QED) is 0.748. The lowest BCUT2D eigenvalue weighted by molar-refractivity contribution is -0.274. The number of benzene rings is 1. The SMILES string of the molecule is O=c1n(Cc2ccncc2Cl)cc(O)n1-c1ccc(OC(F)(F)F)cc1. The summed E-state index contributed by atoms with van der Waals surface area (Å²) in [4.78, 5) is 16.4. The Morgan fingerprint density at radius 3 is 2.50 bits per heavy atom. The molecule has 0 atom stereocenters. The van der Waals surface area contributed by atoms with Gasteiger partial charge in [-0.1, -0.05) is 11.6 Å². The minimum absolute atomic E-state index is 0.0933. The predicted octanol–water partition coefficient (Wildman–Crippen LogP) is 3.34. The molecule has 2 heterocycles. The van der Waals surface area contributed by atoms with E-state index in [1.807, 2.05) is 0 Å². The number of hydrogen-bond donors (Lipinski definition) is 1. The van der Waals surface area contributed by atoms with Crippen LogP contribution in [0.3, 0.4) is 0 Å².